The number of benzene rings is 1. The van der Waals surface area contributed by atoms with E-state index >= 15 is 0 Å². The number of H-pyrrole nitrogens is 1. The number of amides is 1. The van der Waals surface area contributed by atoms with Crippen molar-refractivity contribution in [2.75, 3.05) is 31.1 Å². The van der Waals surface area contributed by atoms with Gasteiger partial charge in [0.25, 0.3) is 5.56 Å². The van der Waals surface area contributed by atoms with E-state index in [2.05, 4.69) is 14.9 Å². The van der Waals surface area contributed by atoms with Crippen LogP contribution in [0.1, 0.15) is 5.56 Å². The quantitative estimate of drug-likeness (QED) is 0.768. The Morgan fingerprint density at radius 2 is 1.96 bits per heavy atom. The summed E-state index contributed by atoms with van der Waals surface area (Å²) in [6.45, 7) is 2.63. The van der Waals surface area contributed by atoms with Gasteiger partial charge in [0.05, 0.1) is 12.7 Å². The van der Waals surface area contributed by atoms with Gasteiger partial charge in [-0.2, -0.15) is 0 Å². The molecule has 2 aromatic heterocycles. The van der Waals surface area contributed by atoms with Crippen LogP contribution in [0.15, 0.2) is 47.7 Å². The van der Waals surface area contributed by atoms with Gasteiger partial charge in [0, 0.05) is 56.4 Å². The van der Waals surface area contributed by atoms with Gasteiger partial charge in [-0.3, -0.25) is 9.59 Å². The molecule has 1 aliphatic rings. The molecule has 3 aromatic rings. The Kier molecular flexibility index (Phi) is 4.20. The summed E-state index contributed by atoms with van der Waals surface area (Å²) in [5.74, 6) is 0.808. The molecule has 1 N–H and O–H groups in total. The number of hydrogen-bond donors (Lipinski definition) is 1. The molecule has 7 nitrogen and oxygen atoms in total. The third-order valence-electron chi connectivity index (χ3n) is 4.94. The molecule has 1 aromatic carbocycles. The van der Waals surface area contributed by atoms with Crippen molar-refractivity contribution in [1.82, 2.24) is 19.4 Å². The number of aromatic amines is 1. The lowest BCUT2D eigenvalue weighted by Gasteiger charge is -2.35. The standard InChI is InChI=1S/C19H21N5O2/c1-22-13-21-17(11-18(22)25)23-6-8-24(9-7-23)19(26)10-14-12-20-16-5-3-2-4-15(14)16/h2-5,11-13,20H,6-10H2,1H3. The normalized spacial score (nSPS) is 14.8. The van der Waals surface area contributed by atoms with Gasteiger partial charge in [-0.05, 0) is 11.6 Å². The number of hydrogen-bond acceptors (Lipinski definition) is 4. The van der Waals surface area contributed by atoms with Crippen LogP contribution in [-0.2, 0) is 18.3 Å². The van der Waals surface area contributed by atoms with Crippen LogP contribution >= 0.6 is 0 Å². The molecule has 7 heteroatoms. The molecule has 0 radical (unpaired) electrons. The predicted molar refractivity (Wildman–Crippen MR) is 100 cm³/mol. The molecule has 1 aliphatic heterocycles. The van der Waals surface area contributed by atoms with Crippen molar-refractivity contribution in [3.05, 3.63) is 58.8 Å². The smallest absolute Gasteiger partial charge is 0.255 e. The average Bonchev–Trinajstić information content (AvgIpc) is 3.07. The average molecular weight is 351 g/mol. The second-order valence-electron chi connectivity index (χ2n) is 6.60. The van der Waals surface area contributed by atoms with Crippen molar-refractivity contribution < 1.29 is 4.79 Å². The predicted octanol–water partition coefficient (Wildman–Crippen LogP) is 1.15. The molecular weight excluding hydrogens is 330 g/mol. The van der Waals surface area contributed by atoms with E-state index in [1.165, 1.54) is 10.9 Å². The fourth-order valence-electron chi connectivity index (χ4n) is 3.36. The zero-order valence-electron chi connectivity index (χ0n) is 14.7. The van der Waals surface area contributed by atoms with Crippen molar-refractivity contribution in [3.8, 4) is 0 Å². The summed E-state index contributed by atoms with van der Waals surface area (Å²) in [7, 11) is 1.68. The van der Waals surface area contributed by atoms with E-state index in [0.717, 1.165) is 16.5 Å². The number of carbonyl (C=O) groups excluding carboxylic acids is 1. The molecule has 0 unspecified atom stereocenters. The lowest BCUT2D eigenvalue weighted by molar-refractivity contribution is -0.130. The maximum atomic E-state index is 12.7. The highest BCUT2D eigenvalue weighted by Crippen LogP contribution is 2.19. The van der Waals surface area contributed by atoms with Crippen molar-refractivity contribution in [2.45, 2.75) is 6.42 Å². The van der Waals surface area contributed by atoms with Crippen molar-refractivity contribution in [3.63, 3.8) is 0 Å². The summed E-state index contributed by atoms with van der Waals surface area (Å²) in [6, 6.07) is 9.56. The van der Waals surface area contributed by atoms with E-state index in [0.29, 0.717) is 38.4 Å². The first-order chi connectivity index (χ1) is 12.6. The SMILES string of the molecule is Cn1cnc(N2CCN(C(=O)Cc3c[nH]c4ccccc34)CC2)cc1=O. The maximum absolute atomic E-state index is 12.7. The number of para-hydroxylation sites is 1. The molecule has 0 atom stereocenters. The molecule has 134 valence electrons. The summed E-state index contributed by atoms with van der Waals surface area (Å²) in [5.41, 5.74) is 2.01. The first kappa shape index (κ1) is 16.4. The van der Waals surface area contributed by atoms with E-state index in [1.54, 1.807) is 13.1 Å². The largest absolute Gasteiger partial charge is 0.361 e. The maximum Gasteiger partial charge on any atom is 0.255 e. The molecule has 0 aliphatic carbocycles. The Hall–Kier alpha value is -3.09. The van der Waals surface area contributed by atoms with E-state index in [-0.39, 0.29) is 11.5 Å². The van der Waals surface area contributed by atoms with Crippen LogP contribution < -0.4 is 10.5 Å². The van der Waals surface area contributed by atoms with E-state index in [1.807, 2.05) is 35.4 Å². The minimum Gasteiger partial charge on any atom is -0.361 e. The number of carbonyl (C=O) groups is 1. The molecule has 3 heterocycles. The van der Waals surface area contributed by atoms with E-state index in [4.69, 9.17) is 0 Å². The van der Waals surface area contributed by atoms with Crippen LogP contribution in [0.5, 0.6) is 0 Å². The Balaban J connectivity index is 1.40. The lowest BCUT2D eigenvalue weighted by atomic mass is 10.1. The zero-order valence-corrected chi connectivity index (χ0v) is 14.7. The topological polar surface area (TPSA) is 74.2 Å². The molecular formula is C19H21N5O2. The van der Waals surface area contributed by atoms with Crippen LogP contribution in [0.2, 0.25) is 0 Å². The Bertz CT molecular complexity index is 998. The van der Waals surface area contributed by atoms with Crippen molar-refractivity contribution >= 4 is 22.6 Å². The third-order valence-corrected chi connectivity index (χ3v) is 4.94. The highest BCUT2D eigenvalue weighted by atomic mass is 16.2. The highest BCUT2D eigenvalue weighted by Gasteiger charge is 2.23. The second kappa shape index (κ2) is 6.67. The first-order valence-corrected chi connectivity index (χ1v) is 8.72. The number of piperazine rings is 1. The summed E-state index contributed by atoms with van der Waals surface area (Å²) in [5, 5.41) is 1.10. The molecule has 4 rings (SSSR count). The lowest BCUT2D eigenvalue weighted by Crippen LogP contribution is -2.49. The fraction of sp³-hybridized carbons (Fsp3) is 0.316. The zero-order chi connectivity index (χ0) is 18.1. The summed E-state index contributed by atoms with van der Waals surface area (Å²) in [6.07, 6.45) is 3.85. The van der Waals surface area contributed by atoms with Crippen LogP contribution in [0, 0.1) is 0 Å². The van der Waals surface area contributed by atoms with Crippen molar-refractivity contribution in [2.24, 2.45) is 7.05 Å². The van der Waals surface area contributed by atoms with Gasteiger partial charge in [-0.1, -0.05) is 18.2 Å². The first-order valence-electron chi connectivity index (χ1n) is 8.72. The minimum atomic E-state index is -0.0761. The molecule has 0 saturated carbocycles. The number of fused-ring (bicyclic) bond motifs is 1. The second-order valence-corrected chi connectivity index (χ2v) is 6.60. The fourth-order valence-corrected chi connectivity index (χ4v) is 3.36. The third kappa shape index (κ3) is 3.08. The van der Waals surface area contributed by atoms with Gasteiger partial charge in [0.2, 0.25) is 5.91 Å². The monoisotopic (exact) mass is 351 g/mol. The van der Waals surface area contributed by atoms with E-state index < -0.39 is 0 Å². The molecule has 1 amide bonds. The van der Waals surface area contributed by atoms with Gasteiger partial charge < -0.3 is 19.4 Å². The summed E-state index contributed by atoms with van der Waals surface area (Å²) >= 11 is 0. The summed E-state index contributed by atoms with van der Waals surface area (Å²) < 4.78 is 1.45. The molecule has 1 fully saturated rings. The Labute approximate surface area is 150 Å². The van der Waals surface area contributed by atoms with Gasteiger partial charge in [-0.15, -0.1) is 0 Å². The molecule has 0 bridgehead atoms. The number of aryl methyl sites for hydroxylation is 1. The summed E-state index contributed by atoms with van der Waals surface area (Å²) in [4.78, 5) is 35.9. The van der Waals surface area contributed by atoms with Crippen LogP contribution in [0.3, 0.4) is 0 Å². The minimum absolute atomic E-state index is 0.0761. The Morgan fingerprint density at radius 1 is 1.19 bits per heavy atom. The molecule has 26 heavy (non-hydrogen) atoms. The highest BCUT2D eigenvalue weighted by molar-refractivity contribution is 5.89. The number of nitrogens with zero attached hydrogens (tertiary/aromatic N) is 4. The number of aromatic nitrogens is 3. The number of rotatable bonds is 3. The van der Waals surface area contributed by atoms with Gasteiger partial charge in [0.1, 0.15) is 5.82 Å². The van der Waals surface area contributed by atoms with Crippen LogP contribution in [-0.4, -0.2) is 51.5 Å². The van der Waals surface area contributed by atoms with Gasteiger partial charge in [0.15, 0.2) is 0 Å². The van der Waals surface area contributed by atoms with Crippen LogP contribution in [0.25, 0.3) is 10.9 Å². The van der Waals surface area contributed by atoms with Gasteiger partial charge >= 0.3 is 0 Å². The van der Waals surface area contributed by atoms with Gasteiger partial charge in [-0.25, -0.2) is 4.98 Å². The van der Waals surface area contributed by atoms with Crippen LogP contribution in [0.4, 0.5) is 5.82 Å². The molecule has 1 saturated heterocycles. The number of anilines is 1. The Morgan fingerprint density at radius 3 is 2.73 bits per heavy atom. The van der Waals surface area contributed by atoms with E-state index in [9.17, 15) is 9.59 Å². The molecule has 0 spiro atoms. The van der Waals surface area contributed by atoms with Crippen molar-refractivity contribution in [1.29, 1.82) is 0 Å². The number of nitrogens with one attached hydrogen (secondary N) is 1.